The molecule has 12 heavy (non-hydrogen) atoms. The molecular weight excluding hydrogens is 236 g/mol. The Morgan fingerprint density at radius 3 is 2.50 bits per heavy atom. The summed E-state index contributed by atoms with van der Waals surface area (Å²) in [5, 5.41) is 9.38. The summed E-state index contributed by atoms with van der Waals surface area (Å²) < 4.78 is 0.908. The minimum atomic E-state index is 0.323. The van der Waals surface area contributed by atoms with Gasteiger partial charge in [0, 0.05) is 5.41 Å². The first kappa shape index (κ1) is 8.63. The van der Waals surface area contributed by atoms with E-state index in [-0.39, 0.29) is 0 Å². The first-order valence-corrected chi connectivity index (χ1v) is 5.81. The molecule has 1 aromatic heterocycles. The molecule has 1 aliphatic carbocycles. The highest BCUT2D eigenvalue weighted by Gasteiger charge is 2.33. The molecule has 0 saturated heterocycles. The average molecular weight is 247 g/mol. The van der Waals surface area contributed by atoms with E-state index in [0.717, 1.165) is 3.92 Å². The van der Waals surface area contributed by atoms with E-state index in [1.54, 1.807) is 11.3 Å². The highest BCUT2D eigenvalue weighted by atomic mass is 79.9. The first-order valence-electron chi connectivity index (χ1n) is 4.20. The van der Waals surface area contributed by atoms with E-state index in [9.17, 15) is 0 Å². The molecule has 1 aliphatic rings. The van der Waals surface area contributed by atoms with Gasteiger partial charge in [0.05, 0.1) is 0 Å². The third kappa shape index (κ3) is 1.42. The van der Waals surface area contributed by atoms with Crippen LogP contribution in [-0.4, -0.2) is 10.2 Å². The van der Waals surface area contributed by atoms with E-state index in [4.69, 9.17) is 0 Å². The van der Waals surface area contributed by atoms with Gasteiger partial charge in [-0.15, -0.1) is 10.2 Å². The molecule has 0 N–H and O–H groups in total. The Labute approximate surface area is 84.5 Å². The maximum Gasteiger partial charge on any atom is 0.183 e. The van der Waals surface area contributed by atoms with Gasteiger partial charge in [-0.2, -0.15) is 0 Å². The minimum Gasteiger partial charge on any atom is -0.142 e. The summed E-state index contributed by atoms with van der Waals surface area (Å²) >= 11 is 5.03. The molecule has 0 unspecified atom stereocenters. The third-order valence-electron chi connectivity index (χ3n) is 2.62. The number of hydrogen-bond acceptors (Lipinski definition) is 3. The Morgan fingerprint density at radius 1 is 1.33 bits per heavy atom. The average Bonchev–Trinajstić information content (AvgIpc) is 2.59. The van der Waals surface area contributed by atoms with Crippen LogP contribution < -0.4 is 0 Å². The molecule has 0 atom stereocenters. The Kier molecular flexibility index (Phi) is 2.21. The van der Waals surface area contributed by atoms with Crippen LogP contribution in [0.3, 0.4) is 0 Å². The fourth-order valence-corrected chi connectivity index (χ4v) is 3.13. The van der Waals surface area contributed by atoms with Crippen LogP contribution in [-0.2, 0) is 5.41 Å². The van der Waals surface area contributed by atoms with Crippen LogP contribution in [0.15, 0.2) is 3.92 Å². The van der Waals surface area contributed by atoms with E-state index < -0.39 is 0 Å². The Balaban J connectivity index is 2.28. The fraction of sp³-hybridized carbons (Fsp3) is 0.750. The quantitative estimate of drug-likeness (QED) is 0.761. The van der Waals surface area contributed by atoms with Crippen molar-refractivity contribution in [2.24, 2.45) is 0 Å². The van der Waals surface area contributed by atoms with Crippen molar-refractivity contribution in [2.45, 2.75) is 38.0 Å². The van der Waals surface area contributed by atoms with Gasteiger partial charge in [0.15, 0.2) is 3.92 Å². The van der Waals surface area contributed by atoms with Crippen molar-refractivity contribution in [1.29, 1.82) is 0 Å². The molecule has 0 bridgehead atoms. The fourth-order valence-electron chi connectivity index (χ4n) is 1.82. The molecule has 66 valence electrons. The van der Waals surface area contributed by atoms with Crippen molar-refractivity contribution in [2.75, 3.05) is 0 Å². The monoisotopic (exact) mass is 246 g/mol. The summed E-state index contributed by atoms with van der Waals surface area (Å²) in [6.45, 7) is 2.30. The summed E-state index contributed by atoms with van der Waals surface area (Å²) in [5.41, 5.74) is 0.323. The Hall–Kier alpha value is 0.0400. The van der Waals surface area contributed by atoms with E-state index >= 15 is 0 Å². The maximum atomic E-state index is 4.19. The molecule has 1 heterocycles. The zero-order valence-corrected chi connectivity index (χ0v) is 9.41. The molecule has 1 saturated carbocycles. The zero-order chi connectivity index (χ0) is 8.60. The smallest absolute Gasteiger partial charge is 0.142 e. The molecule has 0 radical (unpaired) electrons. The van der Waals surface area contributed by atoms with Crippen LogP contribution in [0.25, 0.3) is 0 Å². The Morgan fingerprint density at radius 2 is 2.00 bits per heavy atom. The summed E-state index contributed by atoms with van der Waals surface area (Å²) in [4.78, 5) is 0. The van der Waals surface area contributed by atoms with Crippen LogP contribution in [0.5, 0.6) is 0 Å². The predicted molar refractivity (Wildman–Crippen MR) is 53.4 cm³/mol. The van der Waals surface area contributed by atoms with Gasteiger partial charge in [0.1, 0.15) is 5.01 Å². The standard InChI is InChI=1S/C8H11BrN2S/c1-8(4-2-3-5-8)6-10-11-7(9)12-6/h2-5H2,1H3. The van der Waals surface area contributed by atoms with Crippen LogP contribution in [0, 0.1) is 0 Å². The molecule has 0 amide bonds. The van der Waals surface area contributed by atoms with E-state index in [1.165, 1.54) is 30.7 Å². The molecule has 2 rings (SSSR count). The van der Waals surface area contributed by atoms with Gasteiger partial charge in [-0.3, -0.25) is 0 Å². The molecule has 0 aromatic carbocycles. The Bertz CT molecular complexity index is 278. The summed E-state index contributed by atoms with van der Waals surface area (Å²) in [6.07, 6.45) is 5.23. The van der Waals surface area contributed by atoms with Crippen LogP contribution in [0.2, 0.25) is 0 Å². The predicted octanol–water partition coefficient (Wildman–Crippen LogP) is 3.13. The second-order valence-corrected chi connectivity index (χ2v) is 5.88. The minimum absolute atomic E-state index is 0.323. The lowest BCUT2D eigenvalue weighted by molar-refractivity contribution is 0.484. The third-order valence-corrected chi connectivity index (χ3v) is 4.29. The first-order chi connectivity index (χ1) is 5.71. The lowest BCUT2D eigenvalue weighted by atomic mass is 9.90. The summed E-state index contributed by atoms with van der Waals surface area (Å²) in [5.74, 6) is 0. The molecule has 0 aliphatic heterocycles. The zero-order valence-electron chi connectivity index (χ0n) is 7.01. The van der Waals surface area contributed by atoms with Crippen molar-refractivity contribution >= 4 is 27.3 Å². The van der Waals surface area contributed by atoms with Crippen LogP contribution >= 0.6 is 27.3 Å². The summed E-state index contributed by atoms with van der Waals surface area (Å²) in [6, 6.07) is 0. The molecule has 2 nitrogen and oxygen atoms in total. The maximum absolute atomic E-state index is 4.19. The van der Waals surface area contributed by atoms with Crippen molar-refractivity contribution in [3.8, 4) is 0 Å². The van der Waals surface area contributed by atoms with Gasteiger partial charge in [0.25, 0.3) is 0 Å². The van der Waals surface area contributed by atoms with Crippen molar-refractivity contribution in [3.63, 3.8) is 0 Å². The second-order valence-electron chi connectivity index (χ2n) is 3.63. The number of rotatable bonds is 1. The van der Waals surface area contributed by atoms with Crippen LogP contribution in [0.4, 0.5) is 0 Å². The molecule has 1 aromatic rings. The summed E-state index contributed by atoms with van der Waals surface area (Å²) in [7, 11) is 0. The van der Waals surface area contributed by atoms with Gasteiger partial charge >= 0.3 is 0 Å². The number of hydrogen-bond donors (Lipinski definition) is 0. The second kappa shape index (κ2) is 3.07. The van der Waals surface area contributed by atoms with Gasteiger partial charge in [0.2, 0.25) is 0 Å². The van der Waals surface area contributed by atoms with E-state index in [0.29, 0.717) is 5.41 Å². The number of nitrogens with zero attached hydrogens (tertiary/aromatic N) is 2. The van der Waals surface area contributed by atoms with E-state index in [1.807, 2.05) is 0 Å². The van der Waals surface area contributed by atoms with Gasteiger partial charge < -0.3 is 0 Å². The van der Waals surface area contributed by atoms with Crippen molar-refractivity contribution in [3.05, 3.63) is 8.92 Å². The molecular formula is C8H11BrN2S. The number of halogens is 1. The topological polar surface area (TPSA) is 25.8 Å². The SMILES string of the molecule is CC1(c2nnc(Br)s2)CCCC1. The number of aromatic nitrogens is 2. The normalized spacial score (nSPS) is 21.5. The molecule has 4 heteroatoms. The van der Waals surface area contributed by atoms with Crippen molar-refractivity contribution < 1.29 is 0 Å². The van der Waals surface area contributed by atoms with Gasteiger partial charge in [-0.05, 0) is 28.8 Å². The van der Waals surface area contributed by atoms with Gasteiger partial charge in [-0.25, -0.2) is 0 Å². The lowest BCUT2D eigenvalue weighted by Gasteiger charge is -2.18. The largest absolute Gasteiger partial charge is 0.183 e. The highest BCUT2D eigenvalue weighted by Crippen LogP contribution is 2.42. The highest BCUT2D eigenvalue weighted by molar-refractivity contribution is 9.11. The molecule has 1 fully saturated rings. The van der Waals surface area contributed by atoms with E-state index in [2.05, 4.69) is 33.1 Å². The lowest BCUT2D eigenvalue weighted by Crippen LogP contribution is -2.16. The van der Waals surface area contributed by atoms with Crippen molar-refractivity contribution in [1.82, 2.24) is 10.2 Å². The molecule has 0 spiro atoms. The van der Waals surface area contributed by atoms with Gasteiger partial charge in [-0.1, -0.05) is 31.1 Å². The van der Waals surface area contributed by atoms with Crippen LogP contribution in [0.1, 0.15) is 37.6 Å².